The first kappa shape index (κ1) is 24.0. The van der Waals surface area contributed by atoms with Gasteiger partial charge >= 0.3 is 0 Å². The molecule has 2 aromatic carbocycles. The third-order valence-corrected chi connectivity index (χ3v) is 6.77. The van der Waals surface area contributed by atoms with Crippen molar-refractivity contribution >= 4 is 39.1 Å². The molecule has 38 heavy (non-hydrogen) atoms. The van der Waals surface area contributed by atoms with Gasteiger partial charge in [-0.1, -0.05) is 0 Å². The van der Waals surface area contributed by atoms with Crippen molar-refractivity contribution in [2.75, 3.05) is 23.3 Å². The van der Waals surface area contributed by atoms with Gasteiger partial charge < -0.3 is 15.5 Å². The lowest BCUT2D eigenvalue weighted by Gasteiger charge is -2.38. The van der Waals surface area contributed by atoms with Crippen LogP contribution in [0.1, 0.15) is 24.2 Å². The molecule has 0 unspecified atom stereocenters. The van der Waals surface area contributed by atoms with Crippen LogP contribution in [0.3, 0.4) is 0 Å². The van der Waals surface area contributed by atoms with Crippen molar-refractivity contribution < 1.29 is 9.18 Å². The predicted octanol–water partition coefficient (Wildman–Crippen LogP) is 3.50. The van der Waals surface area contributed by atoms with Gasteiger partial charge in [-0.25, -0.2) is 14.4 Å². The number of piperazine rings is 1. The molecule has 2 N–H and O–H groups in total. The van der Waals surface area contributed by atoms with Crippen LogP contribution in [-0.4, -0.2) is 60.6 Å². The van der Waals surface area contributed by atoms with Gasteiger partial charge in [0, 0.05) is 80.0 Å². The third kappa shape index (κ3) is 4.34. The molecule has 0 radical (unpaired) electrons. The Hall–Kier alpha value is -4.38. The van der Waals surface area contributed by atoms with Crippen molar-refractivity contribution in [3.05, 3.63) is 60.4 Å². The summed E-state index contributed by atoms with van der Waals surface area (Å²) < 4.78 is 17.9. The molecule has 6 rings (SSSR count). The molecular weight excluding hydrogens is 485 g/mol. The Kier molecular flexibility index (Phi) is 5.79. The van der Waals surface area contributed by atoms with Crippen LogP contribution < -0.4 is 15.5 Å². The smallest absolute Gasteiger partial charge is 0.257 e. The van der Waals surface area contributed by atoms with E-state index in [4.69, 9.17) is 4.98 Å². The Labute approximate surface area is 218 Å². The summed E-state index contributed by atoms with van der Waals surface area (Å²) in [6.45, 7) is 5.95. The highest BCUT2D eigenvalue weighted by atomic mass is 19.1. The van der Waals surface area contributed by atoms with Gasteiger partial charge in [0.15, 0.2) is 11.6 Å². The number of carbonyl (C=O) groups is 1. The molecule has 1 amide bonds. The van der Waals surface area contributed by atoms with Gasteiger partial charge in [-0.2, -0.15) is 10.2 Å². The lowest BCUT2D eigenvalue weighted by atomic mass is 10.0. The Balaban J connectivity index is 1.44. The van der Waals surface area contributed by atoms with Gasteiger partial charge in [0.2, 0.25) is 0 Å². The van der Waals surface area contributed by atoms with Crippen molar-refractivity contribution in [2.45, 2.75) is 25.9 Å². The van der Waals surface area contributed by atoms with Gasteiger partial charge in [-0.3, -0.25) is 14.2 Å². The molecule has 1 aliphatic heterocycles. The maximum atomic E-state index is 14.7. The van der Waals surface area contributed by atoms with Crippen molar-refractivity contribution in [1.82, 2.24) is 34.8 Å². The van der Waals surface area contributed by atoms with E-state index in [1.807, 2.05) is 19.3 Å². The molecule has 3 aromatic heterocycles. The molecule has 10 nitrogen and oxygen atoms in total. The number of halogens is 1. The van der Waals surface area contributed by atoms with E-state index in [2.05, 4.69) is 44.6 Å². The number of fused-ring (bicyclic) bond motifs is 2. The van der Waals surface area contributed by atoms with Gasteiger partial charge in [0.1, 0.15) is 5.52 Å². The number of aryl methyl sites for hydroxylation is 2. The zero-order valence-electron chi connectivity index (χ0n) is 21.6. The Morgan fingerprint density at radius 2 is 1.84 bits per heavy atom. The summed E-state index contributed by atoms with van der Waals surface area (Å²) in [5, 5.41) is 16.1. The molecule has 11 heteroatoms. The van der Waals surface area contributed by atoms with E-state index in [0.29, 0.717) is 40.1 Å². The summed E-state index contributed by atoms with van der Waals surface area (Å²) in [6, 6.07) is 7.33. The Morgan fingerprint density at radius 3 is 2.58 bits per heavy atom. The number of rotatable bonds is 4. The first-order valence-corrected chi connectivity index (χ1v) is 12.5. The van der Waals surface area contributed by atoms with Crippen molar-refractivity contribution in [2.24, 2.45) is 14.1 Å². The monoisotopic (exact) mass is 513 g/mol. The fraction of sp³-hybridized carbons (Fsp3) is 0.296. The number of hydrogen-bond donors (Lipinski definition) is 2. The number of nitrogens with one attached hydrogen (secondary N) is 2. The molecule has 5 aromatic rings. The summed E-state index contributed by atoms with van der Waals surface area (Å²) >= 11 is 0. The summed E-state index contributed by atoms with van der Waals surface area (Å²) in [7, 11) is 3.55. The second kappa shape index (κ2) is 9.18. The quantitative estimate of drug-likeness (QED) is 0.379. The third-order valence-electron chi connectivity index (χ3n) is 6.77. The fourth-order valence-electron chi connectivity index (χ4n) is 5.25. The second-order valence-electron chi connectivity index (χ2n) is 10.0. The first-order valence-electron chi connectivity index (χ1n) is 12.5. The first-order chi connectivity index (χ1) is 18.2. The SMILES string of the molecule is C[C@H]1CN(c2ccc(C(=O)Nc3cc(F)c4nn(C)cc4c3)c3nc(-c4cnn(C)c4)ncc23)C[C@H](C)N1. The van der Waals surface area contributed by atoms with Gasteiger partial charge in [-0.15, -0.1) is 0 Å². The molecule has 1 fully saturated rings. The zero-order chi connectivity index (χ0) is 26.6. The van der Waals surface area contributed by atoms with Crippen LogP contribution >= 0.6 is 0 Å². The van der Waals surface area contributed by atoms with Crippen LogP contribution in [0.25, 0.3) is 33.2 Å². The Bertz CT molecular complexity index is 1680. The normalized spacial score (nSPS) is 17.9. The summed E-state index contributed by atoms with van der Waals surface area (Å²) in [4.78, 5) is 25.3. The molecule has 1 saturated heterocycles. The number of amides is 1. The van der Waals surface area contributed by atoms with E-state index in [1.54, 1.807) is 47.1 Å². The minimum absolute atomic E-state index is 0.258. The lowest BCUT2D eigenvalue weighted by Crippen LogP contribution is -2.54. The van der Waals surface area contributed by atoms with Crippen LogP contribution in [0.5, 0.6) is 0 Å². The van der Waals surface area contributed by atoms with Gasteiger partial charge in [0.05, 0.1) is 22.8 Å². The number of aromatic nitrogens is 6. The standard InChI is InChI=1S/C27H28FN9O/c1-15-11-37(12-16(2)31-15)23-6-5-20(25-21(23)10-29-26(33-25)18-9-30-35(3)14-18)27(38)32-19-7-17-13-36(4)34-24(17)22(28)8-19/h5-10,13-16,31H,11-12H2,1-4H3,(H,32,38)/t15-,16-/m0/s1. The summed E-state index contributed by atoms with van der Waals surface area (Å²) in [6.07, 6.45) is 7.00. The molecule has 0 spiro atoms. The maximum absolute atomic E-state index is 14.7. The zero-order valence-corrected chi connectivity index (χ0v) is 21.6. The number of nitrogens with zero attached hydrogens (tertiary/aromatic N) is 7. The largest absolute Gasteiger partial charge is 0.368 e. The highest BCUT2D eigenvalue weighted by Crippen LogP contribution is 2.32. The van der Waals surface area contributed by atoms with Gasteiger partial charge in [0.25, 0.3) is 5.91 Å². The number of hydrogen-bond acceptors (Lipinski definition) is 7. The average molecular weight is 514 g/mol. The van der Waals surface area contributed by atoms with Crippen LogP contribution in [0.4, 0.5) is 15.8 Å². The Morgan fingerprint density at radius 1 is 1.05 bits per heavy atom. The van der Waals surface area contributed by atoms with Crippen LogP contribution in [-0.2, 0) is 14.1 Å². The molecule has 4 heterocycles. The molecule has 0 aliphatic carbocycles. The summed E-state index contributed by atoms with van der Waals surface area (Å²) in [5.41, 5.74) is 3.22. The molecular formula is C27H28FN9O. The summed E-state index contributed by atoms with van der Waals surface area (Å²) in [5.74, 6) is -0.412. The van der Waals surface area contributed by atoms with E-state index in [9.17, 15) is 9.18 Å². The van der Waals surface area contributed by atoms with Crippen molar-refractivity contribution in [3.8, 4) is 11.4 Å². The van der Waals surface area contributed by atoms with E-state index in [-0.39, 0.29) is 11.4 Å². The highest BCUT2D eigenvalue weighted by Gasteiger charge is 2.25. The van der Waals surface area contributed by atoms with E-state index in [0.717, 1.165) is 29.7 Å². The number of anilines is 2. The van der Waals surface area contributed by atoms with Crippen LogP contribution in [0.2, 0.25) is 0 Å². The highest BCUT2D eigenvalue weighted by molar-refractivity contribution is 6.14. The van der Waals surface area contributed by atoms with Gasteiger partial charge in [-0.05, 0) is 38.1 Å². The second-order valence-corrected chi connectivity index (χ2v) is 10.0. The van der Waals surface area contributed by atoms with E-state index >= 15 is 0 Å². The number of carbonyl (C=O) groups excluding carboxylic acids is 1. The van der Waals surface area contributed by atoms with Crippen molar-refractivity contribution in [1.29, 1.82) is 0 Å². The van der Waals surface area contributed by atoms with E-state index < -0.39 is 5.82 Å². The van der Waals surface area contributed by atoms with Crippen LogP contribution in [0, 0.1) is 5.82 Å². The molecule has 1 aliphatic rings. The van der Waals surface area contributed by atoms with Crippen LogP contribution in [0.15, 0.2) is 49.1 Å². The lowest BCUT2D eigenvalue weighted by molar-refractivity contribution is 0.102. The fourth-order valence-corrected chi connectivity index (χ4v) is 5.25. The average Bonchev–Trinajstić information content (AvgIpc) is 3.47. The van der Waals surface area contributed by atoms with Crippen molar-refractivity contribution in [3.63, 3.8) is 0 Å². The number of benzene rings is 2. The maximum Gasteiger partial charge on any atom is 0.257 e. The molecule has 194 valence electrons. The van der Waals surface area contributed by atoms with E-state index in [1.165, 1.54) is 6.07 Å². The topological polar surface area (TPSA) is 106 Å². The molecule has 0 saturated carbocycles. The minimum Gasteiger partial charge on any atom is -0.368 e. The molecule has 0 bridgehead atoms. The predicted molar refractivity (Wildman–Crippen MR) is 145 cm³/mol. The molecule has 2 atom stereocenters. The minimum atomic E-state index is -0.498.